The molecule has 1 heterocycles. The first kappa shape index (κ1) is 9.76. The maximum atomic E-state index is 5.72. The van der Waals surface area contributed by atoms with Crippen LogP contribution in [0.2, 0.25) is 0 Å². The molecular weight excluding hydrogens is 160 g/mol. The number of nitrogens with two attached hydrogens (primary N) is 1. The van der Waals surface area contributed by atoms with E-state index in [1.807, 2.05) is 12.1 Å². The molecule has 0 radical (unpaired) electrons. The van der Waals surface area contributed by atoms with Crippen LogP contribution in [0.4, 0.5) is 0 Å². The molecule has 2 heteroatoms. The van der Waals surface area contributed by atoms with E-state index in [0.29, 0.717) is 0 Å². The van der Waals surface area contributed by atoms with Crippen LogP contribution >= 0.6 is 0 Å². The van der Waals surface area contributed by atoms with Crippen LogP contribution in [0.15, 0.2) is 24.5 Å². The molecule has 0 aliphatic rings. The Morgan fingerprint density at radius 1 is 1.62 bits per heavy atom. The Kier molecular flexibility index (Phi) is 4.01. The molecule has 0 aromatic carbocycles. The zero-order chi connectivity index (χ0) is 9.52. The molecule has 0 bridgehead atoms. The summed E-state index contributed by atoms with van der Waals surface area (Å²) in [6, 6.07) is 4.02. The average Bonchev–Trinajstić information content (AvgIpc) is 2.19. The Bertz CT molecular complexity index is 295. The fourth-order valence-electron chi connectivity index (χ4n) is 0.865. The molecule has 1 unspecified atom stereocenters. The van der Waals surface area contributed by atoms with Gasteiger partial charge in [-0.15, -0.1) is 0 Å². The summed E-state index contributed by atoms with van der Waals surface area (Å²) in [6.45, 7) is 2.07. The molecule has 0 amide bonds. The summed E-state index contributed by atoms with van der Waals surface area (Å²) < 4.78 is 0. The number of aromatic nitrogens is 1. The van der Waals surface area contributed by atoms with Crippen LogP contribution in [0, 0.1) is 11.8 Å². The Labute approximate surface area is 79.2 Å². The summed E-state index contributed by atoms with van der Waals surface area (Å²) in [5.74, 6) is 6.05. The molecule has 0 spiro atoms. The van der Waals surface area contributed by atoms with Crippen LogP contribution in [-0.2, 0) is 0 Å². The smallest absolute Gasteiger partial charge is 0.0428 e. The summed E-state index contributed by atoms with van der Waals surface area (Å²) in [4.78, 5) is 3.97. The van der Waals surface area contributed by atoms with E-state index in [2.05, 4.69) is 23.7 Å². The highest BCUT2D eigenvalue weighted by Crippen LogP contribution is 1.94. The molecule has 1 atom stereocenters. The number of hydrogen-bond donors (Lipinski definition) is 1. The molecule has 1 aromatic heterocycles. The van der Waals surface area contributed by atoms with Gasteiger partial charge < -0.3 is 5.73 Å². The van der Waals surface area contributed by atoms with Crippen LogP contribution < -0.4 is 5.73 Å². The van der Waals surface area contributed by atoms with Gasteiger partial charge in [0.25, 0.3) is 0 Å². The average molecular weight is 174 g/mol. The van der Waals surface area contributed by atoms with Crippen LogP contribution in [0.1, 0.15) is 25.3 Å². The van der Waals surface area contributed by atoms with Gasteiger partial charge in [0.2, 0.25) is 0 Å². The van der Waals surface area contributed by atoms with Gasteiger partial charge in [-0.05, 0) is 18.6 Å². The zero-order valence-corrected chi connectivity index (χ0v) is 7.83. The van der Waals surface area contributed by atoms with E-state index >= 15 is 0 Å². The molecule has 1 rings (SSSR count). The summed E-state index contributed by atoms with van der Waals surface area (Å²) in [5.41, 5.74) is 6.67. The van der Waals surface area contributed by atoms with Gasteiger partial charge in [0.1, 0.15) is 0 Å². The van der Waals surface area contributed by atoms with Crippen molar-refractivity contribution in [2.24, 2.45) is 5.73 Å². The van der Waals surface area contributed by atoms with Gasteiger partial charge in [0.15, 0.2) is 0 Å². The lowest BCUT2D eigenvalue weighted by Crippen LogP contribution is -2.17. The fourth-order valence-corrected chi connectivity index (χ4v) is 0.865. The van der Waals surface area contributed by atoms with Crippen molar-refractivity contribution in [1.82, 2.24) is 4.98 Å². The van der Waals surface area contributed by atoms with Gasteiger partial charge in [-0.25, -0.2) is 0 Å². The largest absolute Gasteiger partial charge is 0.327 e. The maximum absolute atomic E-state index is 5.72. The molecule has 0 saturated heterocycles. The Balaban J connectivity index is 2.49. The van der Waals surface area contributed by atoms with Crippen molar-refractivity contribution in [2.45, 2.75) is 25.8 Å². The lowest BCUT2D eigenvalue weighted by Gasteiger charge is -2.00. The molecule has 68 valence electrons. The predicted octanol–water partition coefficient (Wildman–Crippen LogP) is 1.56. The topological polar surface area (TPSA) is 38.9 Å². The third-order valence-electron chi connectivity index (χ3n) is 1.78. The van der Waals surface area contributed by atoms with Crippen molar-refractivity contribution in [3.63, 3.8) is 0 Å². The minimum absolute atomic E-state index is 0.198. The standard InChI is InChI=1S/C11H14N2/c1-2-11(12)7-3-5-10-6-4-8-13-9-10/h4,6,8-9,11H,2,7,12H2,1H3. The molecule has 2 nitrogen and oxygen atoms in total. The van der Waals surface area contributed by atoms with Gasteiger partial charge in [-0.1, -0.05) is 18.8 Å². The number of rotatable bonds is 2. The van der Waals surface area contributed by atoms with Gasteiger partial charge in [-0.3, -0.25) is 4.98 Å². The predicted molar refractivity (Wildman–Crippen MR) is 54.0 cm³/mol. The molecule has 2 N–H and O–H groups in total. The van der Waals surface area contributed by atoms with Crippen molar-refractivity contribution < 1.29 is 0 Å². The van der Waals surface area contributed by atoms with Gasteiger partial charge in [-0.2, -0.15) is 0 Å². The molecule has 0 fully saturated rings. The number of hydrogen-bond acceptors (Lipinski definition) is 2. The van der Waals surface area contributed by atoms with Crippen LogP contribution in [0.3, 0.4) is 0 Å². The van der Waals surface area contributed by atoms with Crippen molar-refractivity contribution >= 4 is 0 Å². The monoisotopic (exact) mass is 174 g/mol. The number of pyridine rings is 1. The van der Waals surface area contributed by atoms with Gasteiger partial charge in [0.05, 0.1) is 0 Å². The second kappa shape index (κ2) is 5.34. The number of nitrogens with zero attached hydrogens (tertiary/aromatic N) is 1. The van der Waals surface area contributed by atoms with Gasteiger partial charge >= 0.3 is 0 Å². The van der Waals surface area contributed by atoms with Crippen LogP contribution in [-0.4, -0.2) is 11.0 Å². The second-order valence-corrected chi connectivity index (χ2v) is 2.92. The summed E-state index contributed by atoms with van der Waals surface area (Å²) in [6.07, 6.45) is 5.22. The Morgan fingerprint density at radius 3 is 3.08 bits per heavy atom. The summed E-state index contributed by atoms with van der Waals surface area (Å²) >= 11 is 0. The molecule has 1 aromatic rings. The lowest BCUT2D eigenvalue weighted by atomic mass is 10.1. The molecule has 0 aliphatic carbocycles. The Hall–Kier alpha value is -1.33. The molecule has 13 heavy (non-hydrogen) atoms. The van der Waals surface area contributed by atoms with Crippen molar-refractivity contribution in [2.75, 3.05) is 0 Å². The van der Waals surface area contributed by atoms with E-state index in [0.717, 1.165) is 18.4 Å². The highest BCUT2D eigenvalue weighted by molar-refractivity contribution is 5.31. The third-order valence-corrected chi connectivity index (χ3v) is 1.78. The van der Waals surface area contributed by atoms with Crippen molar-refractivity contribution in [1.29, 1.82) is 0 Å². The van der Waals surface area contributed by atoms with E-state index in [1.165, 1.54) is 0 Å². The normalized spacial score (nSPS) is 11.5. The van der Waals surface area contributed by atoms with Gasteiger partial charge in [0, 0.05) is 30.4 Å². The molecule has 0 saturated carbocycles. The van der Waals surface area contributed by atoms with Crippen molar-refractivity contribution in [3.05, 3.63) is 30.1 Å². The summed E-state index contributed by atoms with van der Waals surface area (Å²) in [7, 11) is 0. The molecule has 0 aliphatic heterocycles. The zero-order valence-electron chi connectivity index (χ0n) is 7.83. The van der Waals surface area contributed by atoms with Crippen molar-refractivity contribution in [3.8, 4) is 11.8 Å². The lowest BCUT2D eigenvalue weighted by molar-refractivity contribution is 0.669. The Morgan fingerprint density at radius 2 is 2.46 bits per heavy atom. The van der Waals surface area contributed by atoms with E-state index in [9.17, 15) is 0 Å². The highest BCUT2D eigenvalue weighted by atomic mass is 14.6. The first-order chi connectivity index (χ1) is 6.33. The van der Waals surface area contributed by atoms with Crippen LogP contribution in [0.5, 0.6) is 0 Å². The van der Waals surface area contributed by atoms with E-state index in [-0.39, 0.29) is 6.04 Å². The third kappa shape index (κ3) is 3.73. The second-order valence-electron chi connectivity index (χ2n) is 2.92. The quantitative estimate of drug-likeness (QED) is 0.691. The summed E-state index contributed by atoms with van der Waals surface area (Å²) in [5, 5.41) is 0. The minimum Gasteiger partial charge on any atom is -0.327 e. The first-order valence-corrected chi connectivity index (χ1v) is 4.47. The fraction of sp³-hybridized carbons (Fsp3) is 0.364. The van der Waals surface area contributed by atoms with E-state index in [4.69, 9.17) is 5.73 Å². The SMILES string of the molecule is CCC(N)CC#Cc1cccnc1. The minimum atomic E-state index is 0.198. The molecular formula is C11H14N2. The van der Waals surface area contributed by atoms with Crippen LogP contribution in [0.25, 0.3) is 0 Å². The van der Waals surface area contributed by atoms with E-state index in [1.54, 1.807) is 12.4 Å². The van der Waals surface area contributed by atoms with E-state index < -0.39 is 0 Å². The highest BCUT2D eigenvalue weighted by Gasteiger charge is 1.93. The maximum Gasteiger partial charge on any atom is 0.0428 e. The first-order valence-electron chi connectivity index (χ1n) is 4.47.